The lowest BCUT2D eigenvalue weighted by Crippen LogP contribution is -2.82. The number of rotatable bonds is 7. The van der Waals surface area contributed by atoms with Crippen LogP contribution in [0.2, 0.25) is 0 Å². The van der Waals surface area contributed by atoms with E-state index in [0.29, 0.717) is 0 Å². The number of Topliss-reactive ketones (excluding diaryl/α,β-unsaturated/α-hetero) is 1. The van der Waals surface area contributed by atoms with E-state index in [1.807, 2.05) is 0 Å². The van der Waals surface area contributed by atoms with Crippen LogP contribution in [0.25, 0.3) is 0 Å². The first-order valence-electron chi connectivity index (χ1n) is 15.2. The van der Waals surface area contributed by atoms with Crippen LogP contribution in [0.1, 0.15) is 57.8 Å². The molecule has 1 aliphatic heterocycles. The Morgan fingerprint density at radius 1 is 1.00 bits per heavy atom. The minimum Gasteiger partial charge on any atom is -0.460 e. The van der Waals surface area contributed by atoms with Crippen molar-refractivity contribution in [3.63, 3.8) is 0 Å². The molecule has 1 aromatic carbocycles. The second-order valence-electron chi connectivity index (χ2n) is 13.4. The standard InChI is InChI=1S/C33H38Cl2O12/c1-16-19(37)12-33(42)28(46-29(41)18-9-7-6-8-10-18)26-31(5,27(40)25(45-23(39)14-35)24(16)30(33,3)4)20(44-22(38)13-34)11-21-32(26,15-43-21)47-17(2)36/h6-10,19-21,25-26,28,37,42H,11-15H2,1-5H3/t19-,20-,21+,25+,26-,28-,31+,32-,33+/m0/s1. The van der Waals surface area contributed by atoms with Gasteiger partial charge in [0, 0.05) is 25.2 Å². The maximum absolute atomic E-state index is 15.3. The molecule has 4 aliphatic rings. The molecular weight excluding hydrogens is 659 g/mol. The summed E-state index contributed by atoms with van der Waals surface area (Å²) in [5.74, 6) is -6.98. The van der Waals surface area contributed by atoms with Crippen molar-refractivity contribution in [2.24, 2.45) is 16.7 Å². The number of halogens is 2. The Labute approximate surface area is 281 Å². The summed E-state index contributed by atoms with van der Waals surface area (Å²) in [4.78, 5) is 67.5. The van der Waals surface area contributed by atoms with E-state index in [1.165, 1.54) is 19.1 Å². The minimum atomic E-state index is -2.21. The summed E-state index contributed by atoms with van der Waals surface area (Å²) in [5, 5.41) is 24.5. The van der Waals surface area contributed by atoms with Gasteiger partial charge in [-0.2, -0.15) is 0 Å². The van der Waals surface area contributed by atoms with E-state index in [2.05, 4.69) is 0 Å². The third-order valence-corrected chi connectivity index (χ3v) is 11.1. The lowest BCUT2D eigenvalue weighted by atomic mass is 9.44. The van der Waals surface area contributed by atoms with Crippen molar-refractivity contribution in [3.05, 3.63) is 47.0 Å². The van der Waals surface area contributed by atoms with E-state index in [-0.39, 0.29) is 29.7 Å². The number of carbonyl (C=O) groups is 5. The highest BCUT2D eigenvalue weighted by Crippen LogP contribution is 2.64. The second-order valence-corrected chi connectivity index (χ2v) is 13.9. The molecule has 0 aromatic heterocycles. The first kappa shape index (κ1) is 35.3. The number of hydrogen-bond donors (Lipinski definition) is 2. The number of esters is 4. The molecule has 47 heavy (non-hydrogen) atoms. The molecule has 1 heterocycles. The summed E-state index contributed by atoms with van der Waals surface area (Å²) >= 11 is 11.7. The van der Waals surface area contributed by atoms with Crippen molar-refractivity contribution in [3.8, 4) is 0 Å². The van der Waals surface area contributed by atoms with Crippen LogP contribution in [0.4, 0.5) is 0 Å². The molecule has 1 aromatic rings. The molecule has 256 valence electrons. The summed E-state index contributed by atoms with van der Waals surface area (Å²) in [5.41, 5.74) is -7.01. The fourth-order valence-electron chi connectivity index (χ4n) is 8.24. The van der Waals surface area contributed by atoms with Gasteiger partial charge in [-0.1, -0.05) is 32.0 Å². The largest absolute Gasteiger partial charge is 0.460 e. The number of alkyl halides is 2. The van der Waals surface area contributed by atoms with Crippen molar-refractivity contribution in [1.82, 2.24) is 0 Å². The number of benzene rings is 1. The van der Waals surface area contributed by atoms with Gasteiger partial charge in [0.05, 0.1) is 29.6 Å². The van der Waals surface area contributed by atoms with Gasteiger partial charge in [0.1, 0.15) is 35.7 Å². The van der Waals surface area contributed by atoms with Crippen molar-refractivity contribution < 1.29 is 57.9 Å². The van der Waals surface area contributed by atoms with Crippen LogP contribution in [0, 0.1) is 16.7 Å². The van der Waals surface area contributed by atoms with Gasteiger partial charge in [-0.05, 0) is 37.1 Å². The molecular formula is C33H38Cl2O12. The lowest BCUT2D eigenvalue weighted by molar-refractivity contribution is -0.346. The number of carbonyl (C=O) groups excluding carboxylic acids is 5. The molecule has 2 N–H and O–H groups in total. The first-order valence-corrected chi connectivity index (χ1v) is 16.3. The molecule has 9 atom stereocenters. The Morgan fingerprint density at radius 2 is 1.62 bits per heavy atom. The van der Waals surface area contributed by atoms with E-state index in [4.69, 9.17) is 46.9 Å². The van der Waals surface area contributed by atoms with Crippen LogP contribution in [0.5, 0.6) is 0 Å². The highest BCUT2D eigenvalue weighted by Gasteiger charge is 2.79. The number of ether oxygens (including phenoxy) is 5. The zero-order chi connectivity index (χ0) is 34.7. The summed E-state index contributed by atoms with van der Waals surface area (Å²) in [6.45, 7) is 7.03. The van der Waals surface area contributed by atoms with Crippen LogP contribution in [-0.2, 0) is 42.9 Å². The zero-order valence-electron chi connectivity index (χ0n) is 26.6. The van der Waals surface area contributed by atoms with Crippen molar-refractivity contribution in [1.29, 1.82) is 0 Å². The van der Waals surface area contributed by atoms with Crippen LogP contribution in [0.3, 0.4) is 0 Å². The van der Waals surface area contributed by atoms with Crippen LogP contribution < -0.4 is 0 Å². The fourth-order valence-corrected chi connectivity index (χ4v) is 8.37. The second kappa shape index (κ2) is 12.5. The molecule has 1 saturated heterocycles. The van der Waals surface area contributed by atoms with E-state index in [1.54, 1.807) is 39.0 Å². The van der Waals surface area contributed by atoms with Gasteiger partial charge in [-0.3, -0.25) is 19.2 Å². The van der Waals surface area contributed by atoms with Crippen LogP contribution in [0.15, 0.2) is 41.5 Å². The average Bonchev–Trinajstić information content (AvgIpc) is 3.02. The smallest absolute Gasteiger partial charge is 0.338 e. The highest BCUT2D eigenvalue weighted by molar-refractivity contribution is 6.26. The van der Waals surface area contributed by atoms with Crippen molar-refractivity contribution >= 4 is 52.9 Å². The lowest BCUT2D eigenvalue weighted by Gasteiger charge is -2.67. The topological polar surface area (TPSA) is 172 Å². The highest BCUT2D eigenvalue weighted by atomic mass is 35.5. The number of hydrogen-bond acceptors (Lipinski definition) is 12. The monoisotopic (exact) mass is 696 g/mol. The Hall–Kier alpha value is -3.03. The molecule has 0 unspecified atom stereocenters. The summed E-state index contributed by atoms with van der Waals surface area (Å²) < 4.78 is 29.7. The summed E-state index contributed by atoms with van der Waals surface area (Å²) in [7, 11) is 0. The van der Waals surface area contributed by atoms with Crippen molar-refractivity contribution in [2.45, 2.75) is 89.2 Å². The van der Waals surface area contributed by atoms with Gasteiger partial charge in [0.25, 0.3) is 0 Å². The normalized spacial score (nSPS) is 37.2. The number of aliphatic hydroxyl groups is 2. The van der Waals surface area contributed by atoms with E-state index < -0.39 is 106 Å². The Bertz CT molecular complexity index is 1510. The minimum absolute atomic E-state index is 0.0681. The molecule has 2 bridgehead atoms. The van der Waals surface area contributed by atoms with Gasteiger partial charge in [-0.25, -0.2) is 4.79 Å². The molecule has 0 radical (unpaired) electrons. The molecule has 2 saturated carbocycles. The SMILES string of the molecule is CC(=O)O[C@@]12CO[C@@H]1C[C@H](OC(=O)CCl)[C@@]1(C)C(=O)[C@H](OC(=O)CCl)C3=C(C)[C@@H](O)C[C@@](O)([C@@H](OC(=O)c4ccccc4)[C@H]21)C3(C)C. The third kappa shape index (κ3) is 5.36. The van der Waals surface area contributed by atoms with Crippen LogP contribution in [-0.4, -0.2) is 100.0 Å². The van der Waals surface area contributed by atoms with Gasteiger partial charge in [0.2, 0.25) is 0 Å². The van der Waals surface area contributed by atoms with Crippen LogP contribution >= 0.6 is 23.2 Å². The molecule has 3 aliphatic carbocycles. The predicted molar refractivity (Wildman–Crippen MR) is 164 cm³/mol. The maximum atomic E-state index is 15.3. The van der Waals surface area contributed by atoms with E-state index in [9.17, 15) is 29.4 Å². The quantitative estimate of drug-likeness (QED) is 0.185. The average molecular weight is 698 g/mol. The van der Waals surface area contributed by atoms with Gasteiger partial charge >= 0.3 is 23.9 Å². The predicted octanol–water partition coefficient (Wildman–Crippen LogP) is 2.66. The van der Waals surface area contributed by atoms with Gasteiger partial charge in [-0.15, -0.1) is 23.2 Å². The zero-order valence-corrected chi connectivity index (χ0v) is 28.1. The number of aliphatic hydroxyl groups excluding tert-OH is 1. The van der Waals surface area contributed by atoms with E-state index in [0.717, 1.165) is 6.92 Å². The summed E-state index contributed by atoms with van der Waals surface area (Å²) in [6, 6.07) is 7.93. The number of fused-ring (bicyclic) bond motifs is 5. The maximum Gasteiger partial charge on any atom is 0.338 e. The molecule has 14 heteroatoms. The molecule has 5 rings (SSSR count). The molecule has 12 nitrogen and oxygen atoms in total. The first-order chi connectivity index (χ1) is 22.0. The summed E-state index contributed by atoms with van der Waals surface area (Å²) in [6.07, 6.45) is -7.73. The fraction of sp³-hybridized carbons (Fsp3) is 0.606. The van der Waals surface area contributed by atoms with E-state index >= 15 is 4.79 Å². The Morgan fingerprint density at radius 3 is 2.17 bits per heavy atom. The van der Waals surface area contributed by atoms with Gasteiger partial charge < -0.3 is 33.9 Å². The Balaban J connectivity index is 1.87. The van der Waals surface area contributed by atoms with Crippen molar-refractivity contribution in [2.75, 3.05) is 18.4 Å². The van der Waals surface area contributed by atoms with Gasteiger partial charge in [0.15, 0.2) is 17.5 Å². The third-order valence-electron chi connectivity index (χ3n) is 10.6. The Kier molecular flexibility index (Phi) is 9.35. The molecule has 0 spiro atoms. The molecule has 3 fully saturated rings. The molecule has 0 amide bonds. The number of ketones is 1.